The standard InChI is InChI=1S/C18H12Cl2F4N2O2/c19-12-5-11(6-13(20)7-12)17(18(22,23)24)27-16(25-28-17)10-1-3-15(4-2-10)26-8-14(21)9-26/h1-7,14H,8-9H2. The van der Waals surface area contributed by atoms with E-state index in [9.17, 15) is 17.6 Å². The Kier molecular flexibility index (Phi) is 4.58. The number of alkyl halides is 4. The number of hydrogen-bond acceptors (Lipinski definition) is 4. The van der Waals surface area contributed by atoms with Gasteiger partial charge in [-0.15, -0.1) is 0 Å². The Hall–Kier alpha value is -2.19. The fourth-order valence-electron chi connectivity index (χ4n) is 2.97. The van der Waals surface area contributed by atoms with Gasteiger partial charge < -0.3 is 14.5 Å². The largest absolute Gasteiger partial charge is 0.475 e. The van der Waals surface area contributed by atoms with Crippen LogP contribution >= 0.6 is 23.2 Å². The molecule has 2 aliphatic rings. The summed E-state index contributed by atoms with van der Waals surface area (Å²) in [4.78, 5) is 6.56. The van der Waals surface area contributed by atoms with E-state index in [2.05, 4.69) is 5.16 Å². The molecule has 2 aromatic carbocycles. The summed E-state index contributed by atoms with van der Waals surface area (Å²) in [6.07, 6.45) is -5.83. The minimum Gasteiger partial charge on any atom is -0.419 e. The zero-order chi connectivity index (χ0) is 20.1. The lowest BCUT2D eigenvalue weighted by Crippen LogP contribution is -2.48. The van der Waals surface area contributed by atoms with E-state index in [4.69, 9.17) is 32.8 Å². The summed E-state index contributed by atoms with van der Waals surface area (Å²) in [5.41, 5.74) is 0.601. The van der Waals surface area contributed by atoms with E-state index in [1.165, 1.54) is 18.2 Å². The van der Waals surface area contributed by atoms with Gasteiger partial charge in [-0.3, -0.25) is 0 Å². The van der Waals surface area contributed by atoms with Crippen molar-refractivity contribution in [2.45, 2.75) is 18.1 Å². The van der Waals surface area contributed by atoms with Crippen molar-refractivity contribution in [3.8, 4) is 0 Å². The average molecular weight is 435 g/mol. The van der Waals surface area contributed by atoms with Crippen molar-refractivity contribution in [1.29, 1.82) is 0 Å². The van der Waals surface area contributed by atoms with Crippen LogP contribution in [0, 0.1) is 0 Å². The molecule has 0 aromatic heterocycles. The van der Waals surface area contributed by atoms with Crippen LogP contribution in [0.3, 0.4) is 0 Å². The third-order valence-corrected chi connectivity index (χ3v) is 4.87. The molecule has 0 amide bonds. The molecular weight excluding hydrogens is 423 g/mol. The Bertz CT molecular complexity index is 910. The number of nitrogens with zero attached hydrogens (tertiary/aromatic N) is 2. The quantitative estimate of drug-likeness (QED) is 0.616. The molecule has 0 radical (unpaired) electrons. The average Bonchev–Trinajstić information content (AvgIpc) is 3.05. The van der Waals surface area contributed by atoms with E-state index < -0.39 is 23.7 Å². The summed E-state index contributed by atoms with van der Waals surface area (Å²) in [6, 6.07) is 9.76. The molecule has 4 nitrogen and oxygen atoms in total. The first kappa shape index (κ1) is 19.1. The maximum Gasteiger partial charge on any atom is 0.475 e. The van der Waals surface area contributed by atoms with Crippen LogP contribution in [0.1, 0.15) is 11.1 Å². The molecule has 2 aromatic rings. The number of anilines is 1. The SMILES string of the molecule is FC1CN(c2ccc(C3=NOC(c4cc(Cl)cc(Cl)c4)(C(F)(F)F)O3)cc2)C1. The maximum absolute atomic E-state index is 13.9. The molecule has 10 heteroatoms. The number of benzene rings is 2. The lowest BCUT2D eigenvalue weighted by Gasteiger charge is -2.36. The zero-order valence-corrected chi connectivity index (χ0v) is 15.5. The Morgan fingerprint density at radius 2 is 1.64 bits per heavy atom. The zero-order valence-electron chi connectivity index (χ0n) is 14.0. The van der Waals surface area contributed by atoms with Gasteiger partial charge in [0.1, 0.15) is 6.17 Å². The first-order chi connectivity index (χ1) is 13.2. The summed E-state index contributed by atoms with van der Waals surface area (Å²) >= 11 is 11.7. The van der Waals surface area contributed by atoms with Gasteiger partial charge in [-0.25, -0.2) is 4.39 Å². The lowest BCUT2D eigenvalue weighted by molar-refractivity contribution is -0.352. The minimum atomic E-state index is -4.96. The summed E-state index contributed by atoms with van der Waals surface area (Å²) < 4.78 is 59.7. The fraction of sp³-hybridized carbons (Fsp3) is 0.278. The van der Waals surface area contributed by atoms with Gasteiger partial charge in [-0.1, -0.05) is 23.2 Å². The number of hydrogen-bond donors (Lipinski definition) is 0. The fourth-order valence-corrected chi connectivity index (χ4v) is 3.50. The van der Waals surface area contributed by atoms with Gasteiger partial charge in [0.05, 0.1) is 18.7 Å². The van der Waals surface area contributed by atoms with Crippen LogP contribution in [-0.2, 0) is 15.4 Å². The van der Waals surface area contributed by atoms with Crippen molar-refractivity contribution in [3.63, 3.8) is 0 Å². The third-order valence-electron chi connectivity index (χ3n) is 4.43. The van der Waals surface area contributed by atoms with Crippen LogP contribution in [0.5, 0.6) is 0 Å². The van der Waals surface area contributed by atoms with Crippen molar-refractivity contribution in [2.75, 3.05) is 18.0 Å². The highest BCUT2D eigenvalue weighted by Gasteiger charge is 2.65. The first-order valence-electron chi connectivity index (χ1n) is 8.16. The molecule has 0 N–H and O–H groups in total. The molecule has 2 aliphatic heterocycles. The van der Waals surface area contributed by atoms with Gasteiger partial charge in [0.25, 0.3) is 5.90 Å². The van der Waals surface area contributed by atoms with Crippen molar-refractivity contribution in [1.82, 2.24) is 0 Å². The molecule has 0 spiro atoms. The molecule has 28 heavy (non-hydrogen) atoms. The van der Waals surface area contributed by atoms with Crippen molar-refractivity contribution < 1.29 is 27.1 Å². The Morgan fingerprint density at radius 3 is 2.18 bits per heavy atom. The number of rotatable bonds is 3. The third kappa shape index (κ3) is 3.24. The summed E-state index contributed by atoms with van der Waals surface area (Å²) in [7, 11) is 0. The monoisotopic (exact) mass is 434 g/mol. The van der Waals surface area contributed by atoms with Crippen LogP contribution < -0.4 is 4.90 Å². The van der Waals surface area contributed by atoms with Gasteiger partial charge in [0, 0.05) is 21.3 Å². The molecule has 1 unspecified atom stereocenters. The predicted molar refractivity (Wildman–Crippen MR) is 96.5 cm³/mol. The topological polar surface area (TPSA) is 34.1 Å². The molecule has 148 valence electrons. The number of halogens is 6. The molecule has 2 heterocycles. The van der Waals surface area contributed by atoms with E-state index in [0.29, 0.717) is 0 Å². The van der Waals surface area contributed by atoms with E-state index >= 15 is 0 Å². The van der Waals surface area contributed by atoms with Gasteiger partial charge in [0.2, 0.25) is 0 Å². The summed E-state index contributed by atoms with van der Waals surface area (Å²) in [5.74, 6) is -3.50. The van der Waals surface area contributed by atoms with E-state index in [1.54, 1.807) is 17.0 Å². The van der Waals surface area contributed by atoms with Crippen LogP contribution in [0.25, 0.3) is 0 Å². The maximum atomic E-state index is 13.9. The highest BCUT2D eigenvalue weighted by atomic mass is 35.5. The van der Waals surface area contributed by atoms with E-state index in [-0.39, 0.29) is 34.6 Å². The van der Waals surface area contributed by atoms with E-state index in [1.807, 2.05) is 0 Å². The van der Waals surface area contributed by atoms with Gasteiger partial charge in [0.15, 0.2) is 0 Å². The summed E-state index contributed by atoms with van der Waals surface area (Å²) in [6.45, 7) is 0.569. The van der Waals surface area contributed by atoms with Crippen LogP contribution in [0.2, 0.25) is 10.0 Å². The Balaban J connectivity index is 1.62. The molecule has 4 rings (SSSR count). The van der Waals surface area contributed by atoms with Gasteiger partial charge >= 0.3 is 12.0 Å². The molecular formula is C18H12Cl2F4N2O2. The normalized spacial score (nSPS) is 22.4. The highest BCUT2D eigenvalue weighted by molar-refractivity contribution is 6.34. The van der Waals surface area contributed by atoms with E-state index in [0.717, 1.165) is 17.8 Å². The number of oxime groups is 1. The molecule has 0 aliphatic carbocycles. The van der Waals surface area contributed by atoms with Crippen LogP contribution in [0.15, 0.2) is 47.6 Å². The van der Waals surface area contributed by atoms with Crippen molar-refractivity contribution in [2.24, 2.45) is 5.16 Å². The second kappa shape index (κ2) is 6.70. The molecule has 0 bridgehead atoms. The lowest BCUT2D eigenvalue weighted by atomic mass is 10.0. The van der Waals surface area contributed by atoms with Crippen molar-refractivity contribution in [3.05, 3.63) is 63.6 Å². The Labute approximate surface area is 167 Å². The predicted octanol–water partition coefficient (Wildman–Crippen LogP) is 5.28. The highest BCUT2D eigenvalue weighted by Crippen LogP contribution is 2.48. The Morgan fingerprint density at radius 1 is 1.04 bits per heavy atom. The second-order valence-corrected chi connectivity index (χ2v) is 7.28. The molecule has 1 fully saturated rings. The van der Waals surface area contributed by atoms with Crippen LogP contribution in [0.4, 0.5) is 23.2 Å². The molecule has 0 saturated carbocycles. The number of ether oxygens (including phenoxy) is 1. The van der Waals surface area contributed by atoms with Crippen LogP contribution in [-0.4, -0.2) is 31.3 Å². The first-order valence-corrected chi connectivity index (χ1v) is 8.91. The molecule has 1 atom stereocenters. The minimum absolute atomic E-state index is 0.00292. The smallest absolute Gasteiger partial charge is 0.419 e. The van der Waals surface area contributed by atoms with Gasteiger partial charge in [-0.2, -0.15) is 13.2 Å². The summed E-state index contributed by atoms with van der Waals surface area (Å²) in [5, 5.41) is 3.49. The second-order valence-electron chi connectivity index (χ2n) is 6.41. The molecule has 1 saturated heterocycles. The van der Waals surface area contributed by atoms with Gasteiger partial charge in [-0.05, 0) is 47.6 Å². The van der Waals surface area contributed by atoms with Crippen molar-refractivity contribution >= 4 is 34.8 Å².